The zero-order valence-electron chi connectivity index (χ0n) is 26.1. The van der Waals surface area contributed by atoms with E-state index in [2.05, 4.69) is 0 Å². The maximum atomic E-state index is 10.1. The summed E-state index contributed by atoms with van der Waals surface area (Å²) in [6.45, 7) is 0.837. The van der Waals surface area contributed by atoms with Crippen LogP contribution in [0.1, 0.15) is 19.3 Å². The summed E-state index contributed by atoms with van der Waals surface area (Å²) in [5.41, 5.74) is 0. The second-order valence-corrected chi connectivity index (χ2v) is 13.6. The fraction of sp³-hybridized carbons (Fsp3) is 0.870. The average Bonchev–Trinajstić information content (AvgIpc) is 2.60. The molecule has 3 unspecified atom stereocenters. The second kappa shape index (κ2) is 23.9. The number of carboxylic acid groups (broad SMARTS) is 3. The Morgan fingerprint density at radius 1 is 0.643 bits per heavy atom. The molecule has 256 valence electrons. The van der Waals surface area contributed by atoms with Gasteiger partial charge in [-0.1, -0.05) is 0 Å². The molecule has 42 heavy (non-hydrogen) atoms. The molecule has 0 fully saturated rings. The number of quaternary nitrogens is 3. The molecule has 0 rings (SSSR count). The Morgan fingerprint density at radius 3 is 0.952 bits per heavy atom. The van der Waals surface area contributed by atoms with Crippen LogP contribution in [0, 0.1) is 0 Å². The predicted octanol–water partition coefficient (Wildman–Crippen LogP) is -7.01. The standard InChI is InChI=1S/3C7H15NO3.C2H8NO4P.ClH/c3*1-8(2,3)5-6(9)4-7(10)11;4-2-1-3-8(5,6)7;/h3*6,9H,4-5H2,1-3H3;4H,1-2H2,(H3,3,5,6,7);1H. The van der Waals surface area contributed by atoms with Gasteiger partial charge in [0.05, 0.1) is 89.3 Å². The second-order valence-electron chi connectivity index (χ2n) is 12.3. The number of aliphatic hydroxyl groups excluding tert-OH is 4. The van der Waals surface area contributed by atoms with Gasteiger partial charge >= 0.3 is 17.9 Å². The summed E-state index contributed by atoms with van der Waals surface area (Å²) < 4.78 is 11.4. The predicted molar refractivity (Wildman–Crippen MR) is 146 cm³/mol. The van der Waals surface area contributed by atoms with E-state index in [1.165, 1.54) is 0 Å². The SMILES string of the molecule is C[N+](C)(C)CC(O)CC(=O)O.C[N+](C)(C)CC(O)CC(=O)O.C[N+](C)(C)CC(O)CC(=O)O.O=P([O-])([O-])NCCO.[Cl-]. The van der Waals surface area contributed by atoms with Gasteiger partial charge in [-0.25, -0.2) is 0 Å². The van der Waals surface area contributed by atoms with Crippen LogP contribution in [0.5, 0.6) is 0 Å². The van der Waals surface area contributed by atoms with Crippen molar-refractivity contribution in [2.24, 2.45) is 0 Å². The number of hydrogen-bond donors (Lipinski definition) is 8. The zero-order valence-corrected chi connectivity index (χ0v) is 27.8. The molecule has 0 saturated carbocycles. The van der Waals surface area contributed by atoms with Gasteiger partial charge in [0.1, 0.15) is 37.9 Å². The van der Waals surface area contributed by atoms with Crippen LogP contribution in [0.2, 0.25) is 0 Å². The minimum atomic E-state index is -4.59. The van der Waals surface area contributed by atoms with Gasteiger partial charge in [-0.3, -0.25) is 19.5 Å². The van der Waals surface area contributed by atoms with Crippen LogP contribution in [-0.2, 0) is 18.9 Å². The monoisotopic (exact) mass is 660 g/mol. The number of aliphatic carboxylic acids is 3. The molecule has 17 nitrogen and oxygen atoms in total. The molecule has 0 aliphatic carbocycles. The van der Waals surface area contributed by atoms with E-state index in [0.717, 1.165) is 0 Å². The number of carboxylic acids is 3. The fourth-order valence-electron chi connectivity index (χ4n) is 2.88. The lowest BCUT2D eigenvalue weighted by molar-refractivity contribution is -0.873. The van der Waals surface area contributed by atoms with E-state index in [4.69, 9.17) is 35.7 Å². The van der Waals surface area contributed by atoms with Crippen LogP contribution in [0.25, 0.3) is 0 Å². The summed E-state index contributed by atoms with van der Waals surface area (Å²) in [7, 11) is 12.6. The van der Waals surface area contributed by atoms with Crippen molar-refractivity contribution in [3.8, 4) is 0 Å². The van der Waals surface area contributed by atoms with Crippen molar-refractivity contribution < 1.29 is 90.3 Å². The molecule has 3 atom stereocenters. The van der Waals surface area contributed by atoms with Gasteiger partial charge in [-0.15, -0.1) is 0 Å². The van der Waals surface area contributed by atoms with Gasteiger partial charge in [-0.2, -0.15) is 0 Å². The third-order valence-electron chi connectivity index (χ3n) is 3.92. The van der Waals surface area contributed by atoms with Gasteiger partial charge in [0.25, 0.3) is 0 Å². The van der Waals surface area contributed by atoms with E-state index in [1.807, 2.05) is 63.4 Å². The molecule has 0 bridgehead atoms. The quantitative estimate of drug-likeness (QED) is 0.0599. The summed E-state index contributed by atoms with van der Waals surface area (Å²) >= 11 is 0. The number of likely N-dealkylation sites (N-methyl/N-ethyl adjacent to an activating group) is 3. The highest BCUT2D eigenvalue weighted by molar-refractivity contribution is 7.46. The number of hydrogen-bond acceptors (Lipinski definition) is 10. The first kappa shape index (κ1) is 50.2. The third kappa shape index (κ3) is 58.2. The van der Waals surface area contributed by atoms with Gasteiger partial charge in [-0.05, 0) is 7.75 Å². The largest absolute Gasteiger partial charge is 1.00 e. The summed E-state index contributed by atoms with van der Waals surface area (Å²) in [6, 6.07) is 0. The maximum absolute atomic E-state index is 10.1. The maximum Gasteiger partial charge on any atom is 0.306 e. The molecule has 8 N–H and O–H groups in total. The van der Waals surface area contributed by atoms with Crippen LogP contribution in [0.3, 0.4) is 0 Å². The molecule has 0 radical (unpaired) electrons. The van der Waals surface area contributed by atoms with Gasteiger partial charge in [0.15, 0.2) is 0 Å². The van der Waals surface area contributed by atoms with E-state index in [-0.39, 0.29) is 44.8 Å². The van der Waals surface area contributed by atoms with Gasteiger partial charge in [0, 0.05) is 6.54 Å². The molecular formula is C23H54ClN4O13P. The first-order valence-electron chi connectivity index (χ1n) is 12.5. The number of nitrogens with zero attached hydrogens (tertiary/aromatic N) is 3. The van der Waals surface area contributed by atoms with E-state index in [1.54, 1.807) is 5.09 Å². The Bertz CT molecular complexity index is 701. The van der Waals surface area contributed by atoms with Gasteiger partial charge < -0.3 is 76.0 Å². The molecule has 0 aromatic rings. The fourth-order valence-corrected chi connectivity index (χ4v) is 3.26. The molecule has 19 heteroatoms. The number of halogens is 1. The van der Waals surface area contributed by atoms with Crippen molar-refractivity contribution in [1.29, 1.82) is 0 Å². The lowest BCUT2D eigenvalue weighted by atomic mass is 10.2. The Labute approximate surface area is 255 Å². The summed E-state index contributed by atoms with van der Waals surface area (Å²) in [4.78, 5) is 49.7. The van der Waals surface area contributed by atoms with E-state index in [0.29, 0.717) is 33.1 Å². The smallest absolute Gasteiger partial charge is 0.306 e. The molecule has 0 aromatic carbocycles. The van der Waals surface area contributed by atoms with E-state index >= 15 is 0 Å². The highest BCUT2D eigenvalue weighted by Gasteiger charge is 2.19. The lowest BCUT2D eigenvalue weighted by Crippen LogP contribution is -3.00. The van der Waals surface area contributed by atoms with Crippen LogP contribution in [0.4, 0.5) is 0 Å². The highest BCUT2D eigenvalue weighted by atomic mass is 35.5. The molecule has 0 amide bonds. The van der Waals surface area contributed by atoms with Crippen molar-refractivity contribution in [1.82, 2.24) is 5.09 Å². The van der Waals surface area contributed by atoms with Crippen LogP contribution in [-0.4, -0.2) is 182 Å². The first-order chi connectivity index (χ1) is 18.0. The molecule has 0 aliphatic rings. The Kier molecular flexibility index (Phi) is 28.6. The topological polar surface area (TPSA) is 268 Å². The molecule has 0 aliphatic heterocycles. The van der Waals surface area contributed by atoms with E-state index in [9.17, 15) is 28.7 Å². The summed E-state index contributed by atoms with van der Waals surface area (Å²) in [6.07, 6.45) is -2.74. The summed E-state index contributed by atoms with van der Waals surface area (Å²) in [5, 5.41) is 62.0. The molecule has 0 aromatic heterocycles. The normalized spacial score (nSPS) is 13.7. The summed E-state index contributed by atoms with van der Waals surface area (Å²) in [5.74, 6) is -2.86. The third-order valence-corrected chi connectivity index (χ3v) is 4.53. The minimum Gasteiger partial charge on any atom is -1.00 e. The van der Waals surface area contributed by atoms with Crippen molar-refractivity contribution in [2.75, 3.05) is 96.2 Å². The van der Waals surface area contributed by atoms with Crippen LogP contribution in [0.15, 0.2) is 0 Å². The molecule has 0 saturated heterocycles. The zero-order chi connectivity index (χ0) is 33.8. The number of nitrogens with one attached hydrogen (secondary N) is 1. The van der Waals surface area contributed by atoms with Crippen molar-refractivity contribution >= 4 is 25.7 Å². The lowest BCUT2D eigenvalue weighted by Gasteiger charge is -2.29. The average molecular weight is 661 g/mol. The Hall–Kier alpha value is -1.47. The van der Waals surface area contributed by atoms with Crippen LogP contribution >= 0.6 is 7.75 Å². The highest BCUT2D eigenvalue weighted by Crippen LogP contribution is 2.13. The van der Waals surface area contributed by atoms with Crippen molar-refractivity contribution in [3.63, 3.8) is 0 Å². The van der Waals surface area contributed by atoms with Crippen molar-refractivity contribution in [2.45, 2.75) is 37.6 Å². The Morgan fingerprint density at radius 2 is 0.857 bits per heavy atom. The molecule has 0 spiro atoms. The van der Waals surface area contributed by atoms with Crippen LogP contribution < -0.4 is 27.3 Å². The Balaban J connectivity index is -0.000000145. The van der Waals surface area contributed by atoms with E-state index < -0.39 is 44.0 Å². The molecule has 0 heterocycles. The van der Waals surface area contributed by atoms with Crippen molar-refractivity contribution in [3.05, 3.63) is 0 Å². The first-order valence-corrected chi connectivity index (χ1v) is 14.0. The number of carbonyl (C=O) groups is 3. The number of rotatable bonds is 15. The number of aliphatic hydroxyl groups is 4. The molecular weight excluding hydrogens is 607 g/mol. The van der Waals surface area contributed by atoms with Gasteiger partial charge in [0.2, 0.25) is 0 Å². The minimum absolute atomic E-state index is 0.